The summed E-state index contributed by atoms with van der Waals surface area (Å²) in [5.41, 5.74) is 0. The van der Waals surface area contributed by atoms with Gasteiger partial charge in [-0.1, -0.05) is 79.8 Å². The molecular weight excluding hydrogens is 436 g/mol. The Hall–Kier alpha value is -2.70. The van der Waals surface area contributed by atoms with Crippen LogP contribution in [0.4, 0.5) is 0 Å². The number of carbonyl (C=O) groups is 2. The molecule has 0 rings (SSSR count). The number of amides is 2. The van der Waals surface area contributed by atoms with Crippen molar-refractivity contribution in [2.45, 2.75) is 58.3 Å². The average Bonchev–Trinajstić information content (AvgIpc) is 2.85. The van der Waals surface area contributed by atoms with Gasteiger partial charge in [-0.3, -0.25) is 9.59 Å². The second kappa shape index (κ2) is 27.5. The first-order chi connectivity index (χ1) is 17.2. The third-order valence-corrected chi connectivity index (χ3v) is 4.72. The summed E-state index contributed by atoms with van der Waals surface area (Å²) in [5.74, 6) is 0.0469. The molecule has 6 nitrogen and oxygen atoms in total. The SMILES string of the molecule is CCC=CCC=CCC=CCC=CCC=CCC=CCCC(=O)NCCNCCNC(=O)CNC. The monoisotopic (exact) mass is 484 g/mol. The Morgan fingerprint density at radius 3 is 1.46 bits per heavy atom. The van der Waals surface area contributed by atoms with E-state index in [-0.39, 0.29) is 11.8 Å². The second-order valence-corrected chi connectivity index (χ2v) is 7.93. The summed E-state index contributed by atoms with van der Waals surface area (Å²) in [7, 11) is 1.74. The summed E-state index contributed by atoms with van der Waals surface area (Å²) >= 11 is 0. The molecule has 6 heteroatoms. The van der Waals surface area contributed by atoms with Crippen LogP contribution in [0.5, 0.6) is 0 Å². The van der Waals surface area contributed by atoms with Gasteiger partial charge in [-0.15, -0.1) is 0 Å². The Balaban J connectivity index is 3.53. The summed E-state index contributed by atoms with van der Waals surface area (Å²) in [6, 6.07) is 0. The predicted octanol–water partition coefficient (Wildman–Crippen LogP) is 4.51. The van der Waals surface area contributed by atoms with Gasteiger partial charge in [0.15, 0.2) is 0 Å². The zero-order valence-electron chi connectivity index (χ0n) is 21.9. The molecule has 0 saturated heterocycles. The summed E-state index contributed by atoms with van der Waals surface area (Å²) in [4.78, 5) is 23.1. The smallest absolute Gasteiger partial charge is 0.233 e. The van der Waals surface area contributed by atoms with Crippen molar-refractivity contribution in [2.75, 3.05) is 39.8 Å². The van der Waals surface area contributed by atoms with Crippen LogP contribution in [0, 0.1) is 0 Å². The van der Waals surface area contributed by atoms with Gasteiger partial charge >= 0.3 is 0 Å². The van der Waals surface area contributed by atoms with E-state index < -0.39 is 0 Å². The molecule has 0 aliphatic heterocycles. The van der Waals surface area contributed by atoms with E-state index in [4.69, 9.17) is 0 Å². The maximum Gasteiger partial charge on any atom is 0.233 e. The largest absolute Gasteiger partial charge is 0.355 e. The van der Waals surface area contributed by atoms with E-state index in [1.807, 2.05) is 0 Å². The van der Waals surface area contributed by atoms with Gasteiger partial charge in [-0.05, 0) is 52.0 Å². The number of nitrogens with one attached hydrogen (secondary N) is 4. The van der Waals surface area contributed by atoms with Gasteiger partial charge in [0.25, 0.3) is 0 Å². The fraction of sp³-hybridized carbons (Fsp3) is 0.517. The summed E-state index contributed by atoms with van der Waals surface area (Å²) in [6.07, 6.45) is 33.3. The molecule has 0 saturated carbocycles. The van der Waals surface area contributed by atoms with Crippen LogP contribution in [0.1, 0.15) is 58.3 Å². The minimum absolute atomic E-state index is 0.0167. The Kier molecular flexibility index (Phi) is 25.4. The van der Waals surface area contributed by atoms with Crippen molar-refractivity contribution in [1.82, 2.24) is 21.3 Å². The highest BCUT2D eigenvalue weighted by Crippen LogP contribution is 1.97. The normalized spacial score (nSPS) is 12.4. The second-order valence-electron chi connectivity index (χ2n) is 7.93. The summed E-state index contributed by atoms with van der Waals surface area (Å²) in [5, 5.41) is 11.7. The Labute approximate surface area is 213 Å². The van der Waals surface area contributed by atoms with E-state index in [2.05, 4.69) is 101 Å². The molecule has 0 aromatic carbocycles. The van der Waals surface area contributed by atoms with E-state index in [1.54, 1.807) is 7.05 Å². The molecule has 0 aliphatic carbocycles. The van der Waals surface area contributed by atoms with E-state index in [1.165, 1.54) is 0 Å². The molecule has 0 aliphatic rings. The minimum Gasteiger partial charge on any atom is -0.355 e. The predicted molar refractivity (Wildman–Crippen MR) is 150 cm³/mol. The molecule has 0 radical (unpaired) electrons. The van der Waals surface area contributed by atoms with Crippen LogP contribution in [-0.2, 0) is 9.59 Å². The highest BCUT2D eigenvalue weighted by molar-refractivity contribution is 5.77. The van der Waals surface area contributed by atoms with Crippen molar-refractivity contribution in [3.63, 3.8) is 0 Å². The van der Waals surface area contributed by atoms with Crippen LogP contribution in [0.3, 0.4) is 0 Å². The van der Waals surface area contributed by atoms with E-state index in [0.29, 0.717) is 39.1 Å². The van der Waals surface area contributed by atoms with Crippen LogP contribution in [0.25, 0.3) is 0 Å². The quantitative estimate of drug-likeness (QED) is 0.135. The van der Waals surface area contributed by atoms with E-state index >= 15 is 0 Å². The van der Waals surface area contributed by atoms with Gasteiger partial charge in [0.2, 0.25) is 11.8 Å². The van der Waals surface area contributed by atoms with E-state index in [9.17, 15) is 9.59 Å². The first-order valence-corrected chi connectivity index (χ1v) is 13.0. The van der Waals surface area contributed by atoms with Crippen molar-refractivity contribution in [3.8, 4) is 0 Å². The molecular formula is C29H48N4O2. The lowest BCUT2D eigenvalue weighted by Gasteiger charge is -2.07. The molecule has 0 atom stereocenters. The third kappa shape index (κ3) is 27.4. The fourth-order valence-electron chi connectivity index (χ4n) is 2.87. The molecule has 0 aromatic heterocycles. The van der Waals surface area contributed by atoms with Gasteiger partial charge in [0.1, 0.15) is 0 Å². The first-order valence-electron chi connectivity index (χ1n) is 13.0. The number of allylic oxidation sites excluding steroid dienone is 12. The molecule has 0 unspecified atom stereocenters. The number of likely N-dealkylation sites (N-methyl/N-ethyl adjacent to an activating group) is 1. The third-order valence-electron chi connectivity index (χ3n) is 4.72. The van der Waals surface area contributed by atoms with Gasteiger partial charge in [-0.25, -0.2) is 0 Å². The highest BCUT2D eigenvalue weighted by Gasteiger charge is 1.99. The minimum atomic E-state index is -0.0167. The van der Waals surface area contributed by atoms with Crippen LogP contribution in [0.15, 0.2) is 72.9 Å². The lowest BCUT2D eigenvalue weighted by molar-refractivity contribution is -0.121. The van der Waals surface area contributed by atoms with Crippen molar-refractivity contribution < 1.29 is 9.59 Å². The summed E-state index contributed by atoms with van der Waals surface area (Å²) in [6.45, 7) is 5.02. The van der Waals surface area contributed by atoms with Crippen molar-refractivity contribution >= 4 is 11.8 Å². The van der Waals surface area contributed by atoms with Gasteiger partial charge in [-0.2, -0.15) is 0 Å². The number of rotatable bonds is 22. The Morgan fingerprint density at radius 2 is 1.00 bits per heavy atom. The zero-order chi connectivity index (χ0) is 25.7. The van der Waals surface area contributed by atoms with Crippen molar-refractivity contribution in [2.24, 2.45) is 0 Å². The Bertz CT molecular complexity index is 691. The fourth-order valence-corrected chi connectivity index (χ4v) is 2.87. The van der Waals surface area contributed by atoms with Crippen LogP contribution >= 0.6 is 0 Å². The molecule has 0 fully saturated rings. The summed E-state index contributed by atoms with van der Waals surface area (Å²) < 4.78 is 0. The van der Waals surface area contributed by atoms with E-state index in [0.717, 1.165) is 44.9 Å². The number of carbonyl (C=O) groups excluding carboxylic acids is 2. The standard InChI is InChI=1S/C29H48N4O2/c1-3-4-5-6-7-8-9-10-11-12-13-14-15-16-17-18-19-20-21-22-28(34)32-25-23-31-24-26-33-29(35)27-30-2/h4-5,7-8,10-11,13-14,16-17,19-20,30-31H,3,6,9,12,15,18,21-27H2,1-2H3,(H,32,34)(H,33,35). The topological polar surface area (TPSA) is 82.3 Å². The average molecular weight is 485 g/mol. The molecule has 0 aromatic rings. The van der Waals surface area contributed by atoms with Crippen LogP contribution < -0.4 is 21.3 Å². The van der Waals surface area contributed by atoms with Crippen LogP contribution in [-0.4, -0.2) is 51.6 Å². The lowest BCUT2D eigenvalue weighted by Crippen LogP contribution is -2.38. The molecule has 0 spiro atoms. The van der Waals surface area contributed by atoms with Crippen molar-refractivity contribution in [3.05, 3.63) is 72.9 Å². The van der Waals surface area contributed by atoms with Gasteiger partial charge < -0.3 is 21.3 Å². The molecule has 35 heavy (non-hydrogen) atoms. The maximum atomic E-state index is 11.8. The molecule has 4 N–H and O–H groups in total. The highest BCUT2D eigenvalue weighted by atomic mass is 16.2. The lowest BCUT2D eigenvalue weighted by atomic mass is 10.2. The molecule has 2 amide bonds. The first kappa shape index (κ1) is 32.3. The zero-order valence-corrected chi connectivity index (χ0v) is 21.9. The van der Waals surface area contributed by atoms with Gasteiger partial charge in [0, 0.05) is 32.6 Å². The van der Waals surface area contributed by atoms with Crippen molar-refractivity contribution in [1.29, 1.82) is 0 Å². The molecule has 0 heterocycles. The molecule has 0 bridgehead atoms. The number of hydrogen-bond acceptors (Lipinski definition) is 4. The van der Waals surface area contributed by atoms with Gasteiger partial charge in [0.05, 0.1) is 6.54 Å². The maximum absolute atomic E-state index is 11.8. The number of hydrogen-bond donors (Lipinski definition) is 4. The Morgan fingerprint density at radius 1 is 0.571 bits per heavy atom. The molecule has 196 valence electrons. The van der Waals surface area contributed by atoms with Crippen LogP contribution in [0.2, 0.25) is 0 Å².